The Bertz CT molecular complexity index is 872. The largest absolute Gasteiger partial charge is 0.423 e. The number of fused-ring (bicyclic) bond motifs is 7. The fourth-order valence-electron chi connectivity index (χ4n) is 7.57. The van der Waals surface area contributed by atoms with Crippen LogP contribution in [0.25, 0.3) is 0 Å². The van der Waals surface area contributed by atoms with Gasteiger partial charge in [0.25, 0.3) is 0 Å². The first-order valence-electron chi connectivity index (χ1n) is 10.4. The van der Waals surface area contributed by atoms with Gasteiger partial charge in [0.1, 0.15) is 0 Å². The van der Waals surface area contributed by atoms with Gasteiger partial charge < -0.3 is 4.74 Å². The van der Waals surface area contributed by atoms with E-state index in [2.05, 4.69) is 13.5 Å². The van der Waals surface area contributed by atoms with Gasteiger partial charge in [-0.3, -0.25) is 14.4 Å². The van der Waals surface area contributed by atoms with Crippen LogP contribution in [0.3, 0.4) is 0 Å². The minimum Gasteiger partial charge on any atom is -0.423 e. The molecule has 5 heteroatoms. The SMILES string of the molecule is C=C1C[C@H]2[C@@H]3C[C@H](F)C(=O)[C@@]3(C)CC[C@@H]2[C@]2(C)C1=C(OC(C)=O)C(=O)[C@H]1CC12. The summed E-state index contributed by atoms with van der Waals surface area (Å²) in [7, 11) is 0. The number of carbonyl (C=O) groups is 3. The minimum atomic E-state index is -1.36. The molecule has 5 aliphatic rings. The lowest BCUT2D eigenvalue weighted by atomic mass is 9.46. The summed E-state index contributed by atoms with van der Waals surface area (Å²) in [6.07, 6.45) is 1.95. The summed E-state index contributed by atoms with van der Waals surface area (Å²) in [5, 5.41) is 0. The maximum absolute atomic E-state index is 14.4. The zero-order valence-electron chi connectivity index (χ0n) is 16.7. The molecule has 0 spiro atoms. The van der Waals surface area contributed by atoms with Gasteiger partial charge in [0, 0.05) is 29.2 Å². The van der Waals surface area contributed by atoms with Crippen LogP contribution < -0.4 is 0 Å². The Morgan fingerprint density at radius 2 is 1.89 bits per heavy atom. The van der Waals surface area contributed by atoms with Gasteiger partial charge in [-0.15, -0.1) is 0 Å². The molecule has 150 valence electrons. The van der Waals surface area contributed by atoms with E-state index >= 15 is 0 Å². The van der Waals surface area contributed by atoms with Crippen molar-refractivity contribution in [3.63, 3.8) is 0 Å². The standard InChI is InChI=1S/C23H27FO4/c1-10-7-12-14(5-6-22(3)15(12)9-17(24)21(22)27)23(4)16-8-13(16)19(26)20(18(10)23)28-11(2)25/h12-17H,1,5-9H2,2-4H3/t12-,13+,14+,15+,16?,17+,22+,23+/m1/s1. The van der Waals surface area contributed by atoms with E-state index in [1.165, 1.54) is 6.92 Å². The molecule has 0 aromatic heterocycles. The summed E-state index contributed by atoms with van der Waals surface area (Å²) in [5.74, 6) is 0.0705. The first kappa shape index (κ1) is 18.3. The number of rotatable bonds is 1. The van der Waals surface area contributed by atoms with Crippen LogP contribution in [0.15, 0.2) is 23.5 Å². The first-order valence-corrected chi connectivity index (χ1v) is 10.4. The van der Waals surface area contributed by atoms with Crippen LogP contribution >= 0.6 is 0 Å². The van der Waals surface area contributed by atoms with E-state index in [1.807, 2.05) is 6.92 Å². The topological polar surface area (TPSA) is 60.4 Å². The molecule has 0 aliphatic heterocycles. The molecular weight excluding hydrogens is 359 g/mol. The highest BCUT2D eigenvalue weighted by Gasteiger charge is 2.69. The fourth-order valence-corrected chi connectivity index (χ4v) is 7.57. The highest BCUT2D eigenvalue weighted by molar-refractivity contribution is 6.02. The van der Waals surface area contributed by atoms with Crippen LogP contribution in [-0.4, -0.2) is 23.7 Å². The van der Waals surface area contributed by atoms with Crippen LogP contribution in [0.4, 0.5) is 4.39 Å². The Morgan fingerprint density at radius 1 is 1.18 bits per heavy atom. The van der Waals surface area contributed by atoms with Crippen molar-refractivity contribution in [2.45, 2.75) is 59.0 Å². The summed E-state index contributed by atoms with van der Waals surface area (Å²) < 4.78 is 19.8. The zero-order valence-corrected chi connectivity index (χ0v) is 16.7. The van der Waals surface area contributed by atoms with Crippen LogP contribution in [0, 0.1) is 40.4 Å². The number of allylic oxidation sites excluding steroid dienone is 2. The Balaban J connectivity index is 1.62. The second-order valence-corrected chi connectivity index (χ2v) is 10.1. The molecule has 0 aromatic rings. The van der Waals surface area contributed by atoms with Gasteiger partial charge in [0.2, 0.25) is 5.78 Å². The molecule has 4 saturated carbocycles. The smallest absolute Gasteiger partial charge is 0.308 e. The predicted molar refractivity (Wildman–Crippen MR) is 99.6 cm³/mol. The second-order valence-electron chi connectivity index (χ2n) is 10.1. The monoisotopic (exact) mass is 386 g/mol. The predicted octanol–water partition coefficient (Wildman–Crippen LogP) is 3.95. The molecule has 0 saturated heterocycles. The summed E-state index contributed by atoms with van der Waals surface area (Å²) in [6, 6.07) is 0. The van der Waals surface area contributed by atoms with E-state index < -0.39 is 17.6 Å². The molecule has 4 fully saturated rings. The third-order valence-corrected chi connectivity index (χ3v) is 8.87. The molecule has 0 amide bonds. The third kappa shape index (κ3) is 2.03. The summed E-state index contributed by atoms with van der Waals surface area (Å²) in [6.45, 7) is 9.73. The van der Waals surface area contributed by atoms with E-state index in [-0.39, 0.29) is 52.3 Å². The number of ether oxygens (including phenoxy) is 1. The number of hydrogen-bond acceptors (Lipinski definition) is 4. The van der Waals surface area contributed by atoms with Gasteiger partial charge in [-0.05, 0) is 61.3 Å². The molecule has 0 N–H and O–H groups in total. The van der Waals surface area contributed by atoms with E-state index in [0.29, 0.717) is 19.3 Å². The summed E-state index contributed by atoms with van der Waals surface area (Å²) in [4.78, 5) is 37.1. The lowest BCUT2D eigenvalue weighted by molar-refractivity contribution is -0.142. The van der Waals surface area contributed by atoms with Gasteiger partial charge in [-0.1, -0.05) is 20.4 Å². The van der Waals surface area contributed by atoms with Crippen molar-refractivity contribution < 1.29 is 23.5 Å². The zero-order chi connectivity index (χ0) is 20.2. The van der Waals surface area contributed by atoms with Crippen molar-refractivity contribution >= 4 is 17.5 Å². The fraction of sp³-hybridized carbons (Fsp3) is 0.696. The number of halogens is 1. The molecule has 0 aromatic carbocycles. The van der Waals surface area contributed by atoms with Gasteiger partial charge in [0.15, 0.2) is 17.7 Å². The highest BCUT2D eigenvalue weighted by atomic mass is 19.1. The average Bonchev–Trinajstić information content (AvgIpc) is 3.38. The summed E-state index contributed by atoms with van der Waals surface area (Å²) in [5.41, 5.74) is 0.794. The van der Waals surface area contributed by atoms with Crippen LogP contribution in [0.5, 0.6) is 0 Å². The summed E-state index contributed by atoms with van der Waals surface area (Å²) >= 11 is 0. The second kappa shape index (κ2) is 5.43. The van der Waals surface area contributed by atoms with Crippen LogP contribution in [0.1, 0.15) is 52.9 Å². The van der Waals surface area contributed by atoms with E-state index in [1.54, 1.807) is 0 Å². The number of Topliss-reactive ketones (excluding diaryl/α,β-unsaturated/α-hetero) is 2. The molecule has 5 rings (SSSR count). The maximum Gasteiger partial charge on any atom is 0.308 e. The number of ketones is 2. The average molecular weight is 386 g/mol. The molecule has 28 heavy (non-hydrogen) atoms. The third-order valence-electron chi connectivity index (χ3n) is 8.87. The van der Waals surface area contributed by atoms with Crippen LogP contribution in [-0.2, 0) is 19.1 Å². The van der Waals surface area contributed by atoms with Crippen molar-refractivity contribution in [3.05, 3.63) is 23.5 Å². The molecule has 8 atom stereocenters. The number of alkyl halides is 1. The van der Waals surface area contributed by atoms with Gasteiger partial charge in [0.05, 0.1) is 0 Å². The Hall–Kier alpha value is -1.78. The number of esters is 1. The Morgan fingerprint density at radius 3 is 2.57 bits per heavy atom. The quantitative estimate of drug-likeness (QED) is 0.640. The molecule has 0 bridgehead atoms. The molecule has 0 heterocycles. The molecule has 5 aliphatic carbocycles. The van der Waals surface area contributed by atoms with Gasteiger partial charge in [-0.2, -0.15) is 0 Å². The van der Waals surface area contributed by atoms with Crippen molar-refractivity contribution in [2.24, 2.45) is 40.4 Å². The highest BCUT2D eigenvalue weighted by Crippen LogP contribution is 2.72. The normalized spacial score (nSPS) is 49.2. The Labute approximate surface area is 164 Å². The van der Waals surface area contributed by atoms with Crippen molar-refractivity contribution in [1.29, 1.82) is 0 Å². The van der Waals surface area contributed by atoms with Crippen molar-refractivity contribution in [1.82, 2.24) is 0 Å². The maximum atomic E-state index is 14.4. The van der Waals surface area contributed by atoms with Crippen molar-refractivity contribution in [2.75, 3.05) is 0 Å². The minimum absolute atomic E-state index is 0.0240. The number of carbonyl (C=O) groups excluding carboxylic acids is 3. The lowest BCUT2D eigenvalue weighted by Crippen LogP contribution is -2.52. The van der Waals surface area contributed by atoms with E-state index in [9.17, 15) is 18.8 Å². The molecule has 1 unspecified atom stereocenters. The first-order chi connectivity index (χ1) is 13.1. The lowest BCUT2D eigenvalue weighted by Gasteiger charge is -2.57. The Kier molecular flexibility index (Phi) is 3.54. The molecule has 0 radical (unpaired) electrons. The van der Waals surface area contributed by atoms with Gasteiger partial charge in [-0.25, -0.2) is 4.39 Å². The van der Waals surface area contributed by atoms with Crippen molar-refractivity contribution in [3.8, 4) is 0 Å². The van der Waals surface area contributed by atoms with E-state index in [4.69, 9.17) is 4.74 Å². The van der Waals surface area contributed by atoms with Gasteiger partial charge >= 0.3 is 5.97 Å². The molecular formula is C23H27FO4. The number of hydrogen-bond donors (Lipinski definition) is 0. The van der Waals surface area contributed by atoms with E-state index in [0.717, 1.165) is 24.0 Å². The van der Waals surface area contributed by atoms with Crippen LogP contribution in [0.2, 0.25) is 0 Å². The molecule has 4 nitrogen and oxygen atoms in total.